The van der Waals surface area contributed by atoms with Gasteiger partial charge in [0.05, 0.1) is 5.75 Å². The van der Waals surface area contributed by atoms with Crippen LogP contribution in [0.1, 0.15) is 6.42 Å². The molecule has 0 fully saturated rings. The molecule has 0 radical (unpaired) electrons. The van der Waals surface area contributed by atoms with E-state index in [1.165, 1.54) is 6.26 Å². The quantitative estimate of drug-likeness (QED) is 0.349. The highest BCUT2D eigenvalue weighted by molar-refractivity contribution is 14.0. The zero-order valence-corrected chi connectivity index (χ0v) is 13.3. The molecule has 3 N–H and O–H groups in total. The Morgan fingerprint density at radius 3 is 2.50 bits per heavy atom. The topological polar surface area (TPSA) is 84.5 Å². The highest BCUT2D eigenvalue weighted by Crippen LogP contribution is 2.03. The van der Waals surface area contributed by atoms with Crippen LogP contribution in [0.3, 0.4) is 0 Å². The van der Waals surface area contributed by atoms with Crippen molar-refractivity contribution in [3.63, 3.8) is 0 Å². The van der Waals surface area contributed by atoms with E-state index in [1.807, 2.05) is 30.3 Å². The van der Waals surface area contributed by atoms with Crippen molar-refractivity contribution in [2.24, 2.45) is 10.7 Å². The van der Waals surface area contributed by atoms with Gasteiger partial charge in [-0.25, -0.2) is 8.42 Å². The number of aliphatic imine (C=N–C) groups is 1. The molecule has 18 heavy (non-hydrogen) atoms. The minimum atomic E-state index is -2.91. The van der Waals surface area contributed by atoms with E-state index in [0.29, 0.717) is 18.9 Å². The molecule has 0 aromatic heterocycles. The number of nitrogens with one attached hydrogen (secondary N) is 1. The van der Waals surface area contributed by atoms with E-state index in [-0.39, 0.29) is 29.7 Å². The lowest BCUT2D eigenvalue weighted by molar-refractivity contribution is 0.599. The van der Waals surface area contributed by atoms with Gasteiger partial charge in [0.1, 0.15) is 9.84 Å². The lowest BCUT2D eigenvalue weighted by atomic mass is 10.3. The Kier molecular flexibility index (Phi) is 7.92. The molecule has 7 heteroatoms. The van der Waals surface area contributed by atoms with Crippen molar-refractivity contribution in [2.75, 3.05) is 23.9 Å². The number of anilines is 1. The highest BCUT2D eigenvalue weighted by atomic mass is 127. The van der Waals surface area contributed by atoms with Gasteiger partial charge in [-0.05, 0) is 18.6 Å². The minimum absolute atomic E-state index is 0. The first-order valence-corrected chi connectivity index (χ1v) is 7.33. The Bertz CT molecular complexity index is 474. The third-order valence-corrected chi connectivity index (χ3v) is 3.03. The van der Waals surface area contributed by atoms with Gasteiger partial charge in [0.25, 0.3) is 0 Å². The Morgan fingerprint density at radius 2 is 1.94 bits per heavy atom. The van der Waals surface area contributed by atoms with Crippen molar-refractivity contribution in [3.05, 3.63) is 30.3 Å². The van der Waals surface area contributed by atoms with Gasteiger partial charge in [-0.1, -0.05) is 18.2 Å². The summed E-state index contributed by atoms with van der Waals surface area (Å²) in [6.07, 6.45) is 1.69. The van der Waals surface area contributed by atoms with Crippen LogP contribution in [0.2, 0.25) is 0 Å². The number of halogens is 1. The normalized spacial score (nSPS) is 11.7. The van der Waals surface area contributed by atoms with Gasteiger partial charge in [0.2, 0.25) is 0 Å². The summed E-state index contributed by atoms with van der Waals surface area (Å²) in [6.45, 7) is 0.402. The van der Waals surface area contributed by atoms with E-state index in [9.17, 15) is 8.42 Å². The maximum atomic E-state index is 10.9. The molecule has 1 rings (SSSR count). The van der Waals surface area contributed by atoms with Crippen molar-refractivity contribution in [1.82, 2.24) is 0 Å². The SMILES string of the molecule is CS(=O)(=O)CCCN=C(N)Nc1ccccc1.I. The molecule has 0 bridgehead atoms. The Hall–Kier alpha value is -0.830. The molecule has 0 unspecified atom stereocenters. The van der Waals surface area contributed by atoms with Crippen molar-refractivity contribution in [3.8, 4) is 0 Å². The molecule has 1 aromatic carbocycles. The number of rotatable bonds is 5. The summed E-state index contributed by atoms with van der Waals surface area (Å²) in [6, 6.07) is 9.43. The third-order valence-electron chi connectivity index (χ3n) is 2.00. The van der Waals surface area contributed by atoms with E-state index >= 15 is 0 Å². The molecular formula is C11H18IN3O2S. The van der Waals surface area contributed by atoms with Crippen LogP contribution in [-0.4, -0.2) is 32.9 Å². The van der Waals surface area contributed by atoms with Crippen LogP contribution in [0.25, 0.3) is 0 Å². The number of hydrogen-bond donors (Lipinski definition) is 2. The minimum Gasteiger partial charge on any atom is -0.370 e. The molecule has 0 amide bonds. The fourth-order valence-electron chi connectivity index (χ4n) is 1.24. The summed E-state index contributed by atoms with van der Waals surface area (Å²) in [5, 5.41) is 2.92. The molecule has 0 saturated carbocycles. The van der Waals surface area contributed by atoms with Gasteiger partial charge < -0.3 is 11.1 Å². The number of sulfone groups is 1. The predicted molar refractivity (Wildman–Crippen MR) is 86.3 cm³/mol. The fraction of sp³-hybridized carbons (Fsp3) is 0.364. The van der Waals surface area contributed by atoms with Crippen LogP contribution in [0, 0.1) is 0 Å². The van der Waals surface area contributed by atoms with Gasteiger partial charge in [0, 0.05) is 18.5 Å². The van der Waals surface area contributed by atoms with Gasteiger partial charge >= 0.3 is 0 Å². The second-order valence-corrected chi connectivity index (χ2v) is 6.00. The predicted octanol–water partition coefficient (Wildman–Crippen LogP) is 1.47. The van der Waals surface area contributed by atoms with E-state index in [0.717, 1.165) is 5.69 Å². The second kappa shape index (κ2) is 8.30. The fourth-order valence-corrected chi connectivity index (χ4v) is 1.89. The van der Waals surface area contributed by atoms with Crippen molar-refractivity contribution >= 4 is 45.5 Å². The number of nitrogens with two attached hydrogens (primary N) is 1. The molecule has 5 nitrogen and oxygen atoms in total. The zero-order valence-electron chi connectivity index (χ0n) is 10.2. The summed E-state index contributed by atoms with van der Waals surface area (Å²) in [5.41, 5.74) is 6.50. The molecule has 0 aliphatic heterocycles. The average Bonchev–Trinajstić information content (AvgIpc) is 2.25. The maximum Gasteiger partial charge on any atom is 0.193 e. The monoisotopic (exact) mass is 383 g/mol. The molecule has 0 spiro atoms. The Balaban J connectivity index is 0.00000289. The molecule has 102 valence electrons. The summed E-state index contributed by atoms with van der Waals surface area (Å²) in [7, 11) is -2.91. The average molecular weight is 383 g/mol. The highest BCUT2D eigenvalue weighted by Gasteiger charge is 2.00. The number of guanidine groups is 1. The standard InChI is InChI=1S/C11H17N3O2S.HI/c1-17(15,16)9-5-8-13-11(12)14-10-6-3-2-4-7-10;/h2-4,6-7H,5,8-9H2,1H3,(H3,12,13,14);1H. The number of benzene rings is 1. The van der Waals surface area contributed by atoms with E-state index in [2.05, 4.69) is 10.3 Å². The van der Waals surface area contributed by atoms with Crippen molar-refractivity contribution < 1.29 is 8.42 Å². The van der Waals surface area contributed by atoms with Gasteiger partial charge in [0.15, 0.2) is 5.96 Å². The first-order chi connectivity index (χ1) is 7.97. The van der Waals surface area contributed by atoms with E-state index in [4.69, 9.17) is 5.73 Å². The Labute approximate surface area is 125 Å². The van der Waals surface area contributed by atoms with Crippen LogP contribution in [0.15, 0.2) is 35.3 Å². The number of para-hydroxylation sites is 1. The number of nitrogens with zero attached hydrogens (tertiary/aromatic N) is 1. The van der Waals surface area contributed by atoms with Gasteiger partial charge in [-0.15, -0.1) is 24.0 Å². The van der Waals surface area contributed by atoms with E-state index < -0.39 is 9.84 Å². The smallest absolute Gasteiger partial charge is 0.193 e. The van der Waals surface area contributed by atoms with Crippen LogP contribution in [0.5, 0.6) is 0 Å². The zero-order chi connectivity index (χ0) is 12.7. The van der Waals surface area contributed by atoms with Crippen LogP contribution >= 0.6 is 24.0 Å². The summed E-state index contributed by atoms with van der Waals surface area (Å²) in [4.78, 5) is 4.04. The van der Waals surface area contributed by atoms with Gasteiger partial charge in [-0.2, -0.15) is 0 Å². The van der Waals surface area contributed by atoms with E-state index in [1.54, 1.807) is 0 Å². The molecule has 0 heterocycles. The molecule has 0 aliphatic rings. The first-order valence-electron chi connectivity index (χ1n) is 5.27. The third kappa shape index (κ3) is 8.29. The lowest BCUT2D eigenvalue weighted by Gasteiger charge is -2.04. The van der Waals surface area contributed by atoms with Crippen molar-refractivity contribution in [1.29, 1.82) is 0 Å². The molecule has 0 aliphatic carbocycles. The lowest BCUT2D eigenvalue weighted by Crippen LogP contribution is -2.23. The summed E-state index contributed by atoms with van der Waals surface area (Å²) in [5.74, 6) is 0.430. The maximum absolute atomic E-state index is 10.9. The summed E-state index contributed by atoms with van der Waals surface area (Å²) >= 11 is 0. The first kappa shape index (κ1) is 17.2. The molecule has 1 aromatic rings. The Morgan fingerprint density at radius 1 is 1.33 bits per heavy atom. The second-order valence-electron chi connectivity index (χ2n) is 3.74. The van der Waals surface area contributed by atoms with Gasteiger partial charge in [-0.3, -0.25) is 4.99 Å². The molecular weight excluding hydrogens is 365 g/mol. The molecule has 0 atom stereocenters. The largest absolute Gasteiger partial charge is 0.370 e. The van der Waals surface area contributed by atoms with Crippen LogP contribution < -0.4 is 11.1 Å². The summed E-state index contributed by atoms with van der Waals surface area (Å²) < 4.78 is 21.7. The van der Waals surface area contributed by atoms with Crippen molar-refractivity contribution in [2.45, 2.75) is 6.42 Å². The van der Waals surface area contributed by atoms with Crippen LogP contribution in [0.4, 0.5) is 5.69 Å². The number of hydrogen-bond acceptors (Lipinski definition) is 3. The molecule has 0 saturated heterocycles. The van der Waals surface area contributed by atoms with Crippen LogP contribution in [-0.2, 0) is 9.84 Å².